The van der Waals surface area contributed by atoms with Gasteiger partial charge in [-0.2, -0.15) is 0 Å². The summed E-state index contributed by atoms with van der Waals surface area (Å²) < 4.78 is 15.3. The summed E-state index contributed by atoms with van der Waals surface area (Å²) in [5.41, 5.74) is 0.695. The SMILES string of the molecule is CCCCCCCC(=O)N(CCC)C(C)c1nc2ccccc2c(=O)n1-c1ccc(F)c(Cl)c1. The minimum absolute atomic E-state index is 0.0527. The van der Waals surface area contributed by atoms with E-state index in [4.69, 9.17) is 16.6 Å². The van der Waals surface area contributed by atoms with Gasteiger partial charge in [0.1, 0.15) is 11.6 Å². The van der Waals surface area contributed by atoms with Gasteiger partial charge in [-0.3, -0.25) is 14.2 Å². The minimum Gasteiger partial charge on any atom is -0.333 e. The topological polar surface area (TPSA) is 55.2 Å². The van der Waals surface area contributed by atoms with Crippen LogP contribution in [0.25, 0.3) is 16.6 Å². The van der Waals surface area contributed by atoms with Crippen molar-refractivity contribution < 1.29 is 9.18 Å². The van der Waals surface area contributed by atoms with Crippen molar-refractivity contribution in [2.75, 3.05) is 6.54 Å². The van der Waals surface area contributed by atoms with Gasteiger partial charge in [-0.05, 0) is 50.1 Å². The van der Waals surface area contributed by atoms with E-state index in [9.17, 15) is 14.0 Å². The zero-order valence-corrected chi connectivity index (χ0v) is 20.9. The van der Waals surface area contributed by atoms with E-state index in [1.165, 1.54) is 29.2 Å². The first kappa shape index (κ1) is 25.9. The normalized spacial score (nSPS) is 12.1. The predicted molar refractivity (Wildman–Crippen MR) is 136 cm³/mol. The van der Waals surface area contributed by atoms with E-state index in [1.54, 1.807) is 23.1 Å². The van der Waals surface area contributed by atoms with E-state index < -0.39 is 11.9 Å². The summed E-state index contributed by atoms with van der Waals surface area (Å²) in [4.78, 5) is 33.4. The van der Waals surface area contributed by atoms with Crippen LogP contribution in [0.1, 0.15) is 77.6 Å². The van der Waals surface area contributed by atoms with E-state index in [0.717, 1.165) is 32.1 Å². The second kappa shape index (κ2) is 12.1. The standard InChI is InChI=1S/C27H33ClFN3O2/c1-4-6-7-8-9-14-25(33)31(17-5-2)19(3)26-30-24-13-11-10-12-21(24)27(34)32(26)20-15-16-23(29)22(28)18-20/h10-13,15-16,18-19H,4-9,14,17H2,1-3H3. The molecule has 0 bridgehead atoms. The number of aromatic nitrogens is 2. The lowest BCUT2D eigenvalue weighted by Crippen LogP contribution is -2.37. The van der Waals surface area contributed by atoms with Crippen LogP contribution in [-0.4, -0.2) is 26.9 Å². The van der Waals surface area contributed by atoms with Crippen molar-refractivity contribution in [3.8, 4) is 5.69 Å². The Morgan fingerprint density at radius 3 is 2.53 bits per heavy atom. The lowest BCUT2D eigenvalue weighted by atomic mass is 10.1. The van der Waals surface area contributed by atoms with Gasteiger partial charge >= 0.3 is 0 Å². The Morgan fingerprint density at radius 2 is 1.82 bits per heavy atom. The summed E-state index contributed by atoms with van der Waals surface area (Å²) in [6.07, 6.45) is 6.59. The van der Waals surface area contributed by atoms with Crippen LogP contribution in [0.5, 0.6) is 0 Å². The first-order valence-electron chi connectivity index (χ1n) is 12.2. The minimum atomic E-state index is -0.562. The molecule has 1 atom stereocenters. The summed E-state index contributed by atoms with van der Waals surface area (Å²) in [5.74, 6) is -0.0798. The van der Waals surface area contributed by atoms with Crippen molar-refractivity contribution in [2.24, 2.45) is 0 Å². The Bertz CT molecular complexity index is 1190. The number of carbonyl (C=O) groups excluding carboxylic acids is 1. The lowest BCUT2D eigenvalue weighted by Gasteiger charge is -2.30. The molecule has 5 nitrogen and oxygen atoms in total. The van der Waals surface area contributed by atoms with E-state index in [2.05, 4.69) is 6.92 Å². The van der Waals surface area contributed by atoms with Gasteiger partial charge in [0.15, 0.2) is 0 Å². The quantitative estimate of drug-likeness (QED) is 0.279. The van der Waals surface area contributed by atoms with Crippen molar-refractivity contribution >= 4 is 28.4 Å². The number of para-hydroxylation sites is 1. The van der Waals surface area contributed by atoms with Gasteiger partial charge in [0.2, 0.25) is 5.91 Å². The number of hydrogen-bond acceptors (Lipinski definition) is 3. The molecule has 1 unspecified atom stereocenters. The molecule has 2 aromatic carbocycles. The van der Waals surface area contributed by atoms with Crippen molar-refractivity contribution in [3.63, 3.8) is 0 Å². The molecule has 0 saturated carbocycles. The van der Waals surface area contributed by atoms with Gasteiger partial charge in [-0.1, -0.05) is 63.3 Å². The van der Waals surface area contributed by atoms with Crippen LogP contribution in [0.15, 0.2) is 47.3 Å². The number of nitrogens with zero attached hydrogens (tertiary/aromatic N) is 3. The summed E-state index contributed by atoms with van der Waals surface area (Å²) in [6, 6.07) is 10.8. The smallest absolute Gasteiger partial charge is 0.266 e. The number of rotatable bonds is 11. The molecule has 0 aliphatic rings. The summed E-state index contributed by atoms with van der Waals surface area (Å²) in [5, 5.41) is 0.368. The van der Waals surface area contributed by atoms with Gasteiger partial charge in [0.05, 0.1) is 27.7 Å². The molecule has 1 amide bonds. The number of hydrogen-bond donors (Lipinski definition) is 0. The van der Waals surface area contributed by atoms with Crippen molar-refractivity contribution in [3.05, 3.63) is 69.5 Å². The monoisotopic (exact) mass is 485 g/mol. The van der Waals surface area contributed by atoms with E-state index in [-0.39, 0.29) is 16.5 Å². The number of halogens is 2. The molecule has 3 aromatic rings. The molecule has 0 saturated heterocycles. The van der Waals surface area contributed by atoms with Gasteiger partial charge < -0.3 is 4.90 Å². The molecule has 0 aliphatic heterocycles. The van der Waals surface area contributed by atoms with Gasteiger partial charge in [-0.15, -0.1) is 0 Å². The first-order valence-corrected chi connectivity index (χ1v) is 12.5. The van der Waals surface area contributed by atoms with Crippen LogP contribution < -0.4 is 5.56 Å². The molecule has 3 rings (SSSR count). The third-order valence-electron chi connectivity index (χ3n) is 6.08. The van der Waals surface area contributed by atoms with Crippen LogP contribution >= 0.6 is 11.6 Å². The third-order valence-corrected chi connectivity index (χ3v) is 6.37. The zero-order chi connectivity index (χ0) is 24.7. The van der Waals surface area contributed by atoms with Crippen LogP contribution in [0.4, 0.5) is 4.39 Å². The highest BCUT2D eigenvalue weighted by molar-refractivity contribution is 6.30. The highest BCUT2D eigenvalue weighted by atomic mass is 35.5. The molecular formula is C27H33ClFN3O2. The lowest BCUT2D eigenvalue weighted by molar-refractivity contribution is -0.133. The highest BCUT2D eigenvalue weighted by Crippen LogP contribution is 2.26. The molecule has 182 valence electrons. The maximum Gasteiger partial charge on any atom is 0.266 e. The van der Waals surface area contributed by atoms with Gasteiger partial charge in [-0.25, -0.2) is 9.37 Å². The number of benzene rings is 2. The Kier molecular flexibility index (Phi) is 9.22. The zero-order valence-electron chi connectivity index (χ0n) is 20.2. The summed E-state index contributed by atoms with van der Waals surface area (Å²) in [7, 11) is 0. The average Bonchev–Trinajstić information content (AvgIpc) is 2.83. The average molecular weight is 486 g/mol. The molecule has 0 N–H and O–H groups in total. The molecular weight excluding hydrogens is 453 g/mol. The summed E-state index contributed by atoms with van der Waals surface area (Å²) in [6.45, 7) is 6.64. The number of carbonyl (C=O) groups is 1. The Morgan fingerprint density at radius 1 is 1.09 bits per heavy atom. The molecule has 1 heterocycles. The molecule has 0 radical (unpaired) electrons. The van der Waals surface area contributed by atoms with E-state index in [1.807, 2.05) is 19.9 Å². The van der Waals surface area contributed by atoms with Crippen LogP contribution in [0.3, 0.4) is 0 Å². The predicted octanol–water partition coefficient (Wildman–Crippen LogP) is 6.84. The third kappa shape index (κ3) is 5.84. The fourth-order valence-corrected chi connectivity index (χ4v) is 4.42. The van der Waals surface area contributed by atoms with E-state index in [0.29, 0.717) is 35.4 Å². The molecule has 1 aromatic heterocycles. The maximum atomic E-state index is 13.9. The fraction of sp³-hybridized carbons (Fsp3) is 0.444. The fourth-order valence-electron chi connectivity index (χ4n) is 4.24. The molecule has 34 heavy (non-hydrogen) atoms. The van der Waals surface area contributed by atoms with Gasteiger partial charge in [0, 0.05) is 13.0 Å². The van der Waals surface area contributed by atoms with Crippen LogP contribution in [-0.2, 0) is 4.79 Å². The Hall–Kier alpha value is -2.73. The molecule has 0 fully saturated rings. The number of amides is 1. The largest absolute Gasteiger partial charge is 0.333 e. The van der Waals surface area contributed by atoms with Crippen molar-refractivity contribution in [2.45, 2.75) is 71.8 Å². The first-order chi connectivity index (χ1) is 16.4. The molecule has 7 heteroatoms. The Balaban J connectivity index is 2.05. The highest BCUT2D eigenvalue weighted by Gasteiger charge is 2.26. The Labute approximate surface area is 205 Å². The molecule has 0 aliphatic carbocycles. The van der Waals surface area contributed by atoms with E-state index >= 15 is 0 Å². The van der Waals surface area contributed by atoms with Crippen LogP contribution in [0, 0.1) is 5.82 Å². The van der Waals surface area contributed by atoms with Gasteiger partial charge in [0.25, 0.3) is 5.56 Å². The van der Waals surface area contributed by atoms with Crippen molar-refractivity contribution in [1.29, 1.82) is 0 Å². The second-order valence-corrected chi connectivity index (χ2v) is 9.06. The number of fused-ring (bicyclic) bond motifs is 1. The second-order valence-electron chi connectivity index (χ2n) is 8.65. The maximum absolute atomic E-state index is 13.9. The molecule has 0 spiro atoms. The summed E-state index contributed by atoms with van der Waals surface area (Å²) >= 11 is 6.05. The number of unbranched alkanes of at least 4 members (excludes halogenated alkanes) is 4. The van der Waals surface area contributed by atoms with Crippen molar-refractivity contribution in [1.82, 2.24) is 14.5 Å². The van der Waals surface area contributed by atoms with Crippen LogP contribution in [0.2, 0.25) is 5.02 Å².